The molecule has 0 aliphatic carbocycles. The minimum absolute atomic E-state index is 0.225. The first-order valence-electron chi connectivity index (χ1n) is 11.8. The monoisotopic (exact) mass is 480 g/mol. The molecule has 7 N–H and O–H groups in total. The highest BCUT2D eigenvalue weighted by Gasteiger charge is 2.34. The molecular weight excluding hydrogens is 440 g/mol. The number of hydrogen-bond acceptors (Lipinski definition) is 6. The van der Waals surface area contributed by atoms with Gasteiger partial charge in [-0.25, -0.2) is 9.78 Å². The van der Waals surface area contributed by atoms with Gasteiger partial charge < -0.3 is 31.8 Å². The number of nitrogens with one attached hydrogen (secondary N) is 4. The van der Waals surface area contributed by atoms with E-state index in [1.807, 2.05) is 13.8 Å². The smallest absolute Gasteiger partial charge is 0.326 e. The highest BCUT2D eigenvalue weighted by Crippen LogP contribution is 2.13. The number of imidazole rings is 1. The number of nitrogens with zero attached hydrogens (tertiary/aromatic N) is 1. The molecule has 11 heteroatoms. The maximum atomic E-state index is 13.1. The molecule has 0 fully saturated rings. The minimum atomic E-state index is -1.13. The third kappa shape index (κ3) is 8.44. The van der Waals surface area contributed by atoms with Crippen LogP contribution in [0.15, 0.2) is 12.5 Å². The summed E-state index contributed by atoms with van der Waals surface area (Å²) in [6.07, 6.45) is 4.42. The molecule has 1 aromatic heterocycles. The van der Waals surface area contributed by atoms with Crippen LogP contribution in [0.3, 0.4) is 0 Å². The lowest BCUT2D eigenvalue weighted by Gasteiger charge is -2.30. The molecule has 1 heterocycles. The number of amides is 3. The van der Waals surface area contributed by atoms with Crippen molar-refractivity contribution in [1.82, 2.24) is 25.9 Å². The van der Waals surface area contributed by atoms with Crippen molar-refractivity contribution in [3.05, 3.63) is 18.2 Å². The number of carboxylic acids is 1. The Bertz CT molecular complexity index is 813. The Morgan fingerprint density at radius 1 is 0.912 bits per heavy atom. The van der Waals surface area contributed by atoms with Crippen LogP contribution >= 0.6 is 0 Å². The topological polar surface area (TPSA) is 179 Å². The Morgan fingerprint density at radius 2 is 1.41 bits per heavy atom. The van der Waals surface area contributed by atoms with E-state index in [-0.39, 0.29) is 24.2 Å². The summed E-state index contributed by atoms with van der Waals surface area (Å²) in [5, 5.41) is 17.5. The van der Waals surface area contributed by atoms with Crippen molar-refractivity contribution in [2.75, 3.05) is 0 Å². The Kier molecular flexibility index (Phi) is 11.7. The van der Waals surface area contributed by atoms with Gasteiger partial charge in [-0.05, 0) is 17.8 Å². The van der Waals surface area contributed by atoms with Crippen LogP contribution in [0.25, 0.3) is 0 Å². The van der Waals surface area contributed by atoms with E-state index in [1.54, 1.807) is 33.9 Å². The number of aromatic nitrogens is 2. The van der Waals surface area contributed by atoms with E-state index in [1.165, 1.54) is 6.33 Å². The number of carboxylic acid groups (broad SMARTS) is 1. The fourth-order valence-corrected chi connectivity index (χ4v) is 3.39. The molecule has 0 aliphatic heterocycles. The van der Waals surface area contributed by atoms with Crippen molar-refractivity contribution in [2.45, 2.75) is 85.0 Å². The molecule has 0 saturated carbocycles. The van der Waals surface area contributed by atoms with Crippen LogP contribution in [0, 0.1) is 17.8 Å². The van der Waals surface area contributed by atoms with E-state index in [9.17, 15) is 24.3 Å². The number of nitrogens with two attached hydrogens (primary N) is 1. The summed E-state index contributed by atoms with van der Waals surface area (Å²) in [6.45, 7) is 10.8. The van der Waals surface area contributed by atoms with Gasteiger partial charge in [-0.15, -0.1) is 0 Å². The average molecular weight is 481 g/mol. The summed E-state index contributed by atoms with van der Waals surface area (Å²) in [5.74, 6) is -3.56. The third-order valence-electron chi connectivity index (χ3n) is 6.15. The minimum Gasteiger partial charge on any atom is -0.480 e. The Morgan fingerprint density at radius 3 is 1.88 bits per heavy atom. The summed E-state index contributed by atoms with van der Waals surface area (Å²) in [7, 11) is 0. The first-order valence-corrected chi connectivity index (χ1v) is 11.8. The molecule has 6 unspecified atom stereocenters. The fraction of sp³-hybridized carbons (Fsp3) is 0.696. The fourth-order valence-electron chi connectivity index (χ4n) is 3.39. The predicted molar refractivity (Wildman–Crippen MR) is 127 cm³/mol. The molecule has 0 aromatic carbocycles. The lowest BCUT2D eigenvalue weighted by molar-refractivity contribution is -0.144. The molecule has 11 nitrogen and oxygen atoms in total. The molecule has 1 aromatic rings. The summed E-state index contributed by atoms with van der Waals surface area (Å²) in [4.78, 5) is 57.2. The van der Waals surface area contributed by atoms with Crippen LogP contribution in [0.5, 0.6) is 0 Å². The SMILES string of the molecule is CCC(C)C(NC(=O)C(NC(=O)C(NC(=O)C(N)Cc1cnc[nH]1)C(C)C)C(C)CC)C(=O)O. The van der Waals surface area contributed by atoms with E-state index in [2.05, 4.69) is 25.9 Å². The van der Waals surface area contributed by atoms with Crippen molar-refractivity contribution < 1.29 is 24.3 Å². The van der Waals surface area contributed by atoms with Gasteiger partial charge in [0.25, 0.3) is 0 Å². The lowest BCUT2D eigenvalue weighted by atomic mass is 9.94. The lowest BCUT2D eigenvalue weighted by Crippen LogP contribution is -2.60. The molecule has 0 radical (unpaired) electrons. The van der Waals surface area contributed by atoms with Crippen LogP contribution in [-0.4, -0.2) is 62.9 Å². The van der Waals surface area contributed by atoms with E-state index in [4.69, 9.17) is 5.73 Å². The van der Waals surface area contributed by atoms with Gasteiger partial charge in [0, 0.05) is 18.3 Å². The Balaban J connectivity index is 2.95. The Labute approximate surface area is 201 Å². The number of hydrogen-bond donors (Lipinski definition) is 6. The third-order valence-corrected chi connectivity index (χ3v) is 6.15. The molecule has 34 heavy (non-hydrogen) atoms. The van der Waals surface area contributed by atoms with Gasteiger partial charge in [-0.3, -0.25) is 14.4 Å². The molecule has 0 spiro atoms. The normalized spacial score (nSPS) is 16.6. The zero-order valence-electron chi connectivity index (χ0n) is 20.9. The van der Waals surface area contributed by atoms with Gasteiger partial charge in [-0.1, -0.05) is 54.4 Å². The molecule has 6 atom stereocenters. The van der Waals surface area contributed by atoms with E-state index >= 15 is 0 Å². The second kappa shape index (κ2) is 13.7. The maximum Gasteiger partial charge on any atom is 0.326 e. The molecule has 192 valence electrons. The molecule has 3 amide bonds. The molecule has 0 aliphatic rings. The van der Waals surface area contributed by atoms with Crippen molar-refractivity contribution in [1.29, 1.82) is 0 Å². The van der Waals surface area contributed by atoms with Gasteiger partial charge in [0.1, 0.15) is 18.1 Å². The highest BCUT2D eigenvalue weighted by molar-refractivity contribution is 5.94. The van der Waals surface area contributed by atoms with Gasteiger partial charge in [-0.2, -0.15) is 0 Å². The number of aromatic amines is 1. The second-order valence-electron chi connectivity index (χ2n) is 9.20. The second-order valence-corrected chi connectivity index (χ2v) is 9.20. The zero-order valence-corrected chi connectivity index (χ0v) is 20.9. The van der Waals surface area contributed by atoms with E-state index in [0.717, 1.165) is 0 Å². The van der Waals surface area contributed by atoms with Crippen molar-refractivity contribution in [3.63, 3.8) is 0 Å². The number of H-pyrrole nitrogens is 1. The summed E-state index contributed by atoms with van der Waals surface area (Å²) in [6, 6.07) is -3.85. The number of carbonyl (C=O) groups is 4. The van der Waals surface area contributed by atoms with Crippen LogP contribution in [0.2, 0.25) is 0 Å². The van der Waals surface area contributed by atoms with Crippen LogP contribution < -0.4 is 21.7 Å². The zero-order chi connectivity index (χ0) is 26.0. The van der Waals surface area contributed by atoms with Gasteiger partial charge in [0.2, 0.25) is 17.7 Å². The first-order chi connectivity index (χ1) is 15.9. The molecule has 0 bridgehead atoms. The van der Waals surface area contributed by atoms with Crippen molar-refractivity contribution in [2.24, 2.45) is 23.5 Å². The standard InChI is InChI=1S/C23H40N6O5/c1-7-13(5)18(22(32)29-19(23(33)34)14(6)8-2)28-21(31)17(12(3)4)27-20(30)16(24)9-15-10-25-11-26-15/h10-14,16-19H,7-9,24H2,1-6H3,(H,25,26)(H,27,30)(H,28,31)(H,29,32)(H,33,34). The Hall–Kier alpha value is -2.95. The highest BCUT2D eigenvalue weighted by atomic mass is 16.4. The van der Waals surface area contributed by atoms with Crippen LogP contribution in [0.1, 0.15) is 60.1 Å². The van der Waals surface area contributed by atoms with E-state index < -0.39 is 47.9 Å². The van der Waals surface area contributed by atoms with Crippen LogP contribution in [-0.2, 0) is 25.6 Å². The summed E-state index contributed by atoms with van der Waals surface area (Å²) < 4.78 is 0. The number of rotatable bonds is 14. The van der Waals surface area contributed by atoms with Gasteiger partial charge in [0.05, 0.1) is 12.4 Å². The van der Waals surface area contributed by atoms with Crippen molar-refractivity contribution >= 4 is 23.7 Å². The van der Waals surface area contributed by atoms with E-state index in [0.29, 0.717) is 18.5 Å². The summed E-state index contributed by atoms with van der Waals surface area (Å²) >= 11 is 0. The number of aliphatic carboxylic acids is 1. The van der Waals surface area contributed by atoms with Gasteiger partial charge >= 0.3 is 5.97 Å². The maximum absolute atomic E-state index is 13.1. The van der Waals surface area contributed by atoms with Gasteiger partial charge in [0.15, 0.2) is 0 Å². The largest absolute Gasteiger partial charge is 0.480 e. The summed E-state index contributed by atoms with van der Waals surface area (Å²) in [5.41, 5.74) is 6.68. The molecular formula is C23H40N6O5. The number of carbonyl (C=O) groups excluding carboxylic acids is 3. The van der Waals surface area contributed by atoms with Crippen molar-refractivity contribution in [3.8, 4) is 0 Å². The van der Waals surface area contributed by atoms with Crippen LogP contribution in [0.4, 0.5) is 0 Å². The molecule has 0 saturated heterocycles. The molecule has 1 rings (SSSR count). The average Bonchev–Trinajstić information content (AvgIpc) is 3.30. The first kappa shape index (κ1) is 29.1. The quantitative estimate of drug-likeness (QED) is 0.225. The predicted octanol–water partition coefficient (Wildman–Crippen LogP) is 0.567.